The van der Waals surface area contributed by atoms with Crippen LogP contribution in [0, 0.1) is 0 Å². The van der Waals surface area contributed by atoms with Crippen molar-refractivity contribution in [2.45, 2.75) is 90.7 Å². The molecular weight excluding hydrogens is 210 g/mol. The number of rotatable bonds is 12. The molecule has 0 aromatic carbocycles. The van der Waals surface area contributed by atoms with E-state index in [1.165, 1.54) is 51.4 Å². The highest BCUT2D eigenvalue weighted by atomic mass is 16.5. The molecular formula is C15H33NO. The fraction of sp³-hybridized carbons (Fsp3) is 1.00. The van der Waals surface area contributed by atoms with Crippen LogP contribution in [0.25, 0.3) is 0 Å². The molecule has 0 amide bonds. The molecule has 0 heterocycles. The fourth-order valence-electron chi connectivity index (χ4n) is 1.94. The van der Waals surface area contributed by atoms with Crippen molar-refractivity contribution in [3.05, 3.63) is 0 Å². The van der Waals surface area contributed by atoms with Gasteiger partial charge in [-0.15, -0.1) is 0 Å². The fourth-order valence-corrected chi connectivity index (χ4v) is 1.94. The molecule has 0 aromatic heterocycles. The topological polar surface area (TPSA) is 35.2 Å². The maximum absolute atomic E-state index is 5.98. The van der Waals surface area contributed by atoms with Gasteiger partial charge in [-0.2, -0.15) is 0 Å². The van der Waals surface area contributed by atoms with Crippen molar-refractivity contribution < 1.29 is 4.74 Å². The van der Waals surface area contributed by atoms with Crippen molar-refractivity contribution >= 4 is 0 Å². The van der Waals surface area contributed by atoms with Gasteiger partial charge in [0, 0.05) is 6.04 Å². The average Bonchev–Trinajstić information content (AvgIpc) is 2.30. The third-order valence-electron chi connectivity index (χ3n) is 3.07. The summed E-state index contributed by atoms with van der Waals surface area (Å²) in [6.45, 7) is 7.10. The van der Waals surface area contributed by atoms with Gasteiger partial charge in [0.25, 0.3) is 0 Å². The second-order valence-electron chi connectivity index (χ2n) is 5.41. The number of hydrogen-bond acceptors (Lipinski definition) is 2. The van der Waals surface area contributed by atoms with Gasteiger partial charge in [-0.3, -0.25) is 0 Å². The molecule has 0 fully saturated rings. The van der Waals surface area contributed by atoms with Crippen molar-refractivity contribution in [2.75, 3.05) is 6.61 Å². The van der Waals surface area contributed by atoms with Gasteiger partial charge in [-0.25, -0.2) is 0 Å². The molecule has 1 atom stereocenters. The Balaban J connectivity index is 3.11. The van der Waals surface area contributed by atoms with E-state index in [2.05, 4.69) is 20.8 Å². The zero-order chi connectivity index (χ0) is 12.9. The lowest BCUT2D eigenvalue weighted by atomic mass is 10.1. The minimum atomic E-state index is 0.234. The lowest BCUT2D eigenvalue weighted by Crippen LogP contribution is -2.27. The smallest absolute Gasteiger partial charge is 0.0620 e. The summed E-state index contributed by atoms with van der Waals surface area (Å²) in [5.74, 6) is 0. The van der Waals surface area contributed by atoms with Crippen LogP contribution in [0.3, 0.4) is 0 Å². The maximum Gasteiger partial charge on any atom is 0.0620 e. The molecule has 0 aliphatic heterocycles. The van der Waals surface area contributed by atoms with E-state index < -0.39 is 0 Å². The zero-order valence-electron chi connectivity index (χ0n) is 12.2. The standard InChI is InChI=1S/C15H33NO/c1-4-5-6-7-8-9-10-11-12-15(16)13-17-14(2)3/h14-15H,4-13,16H2,1-3H3. The molecule has 0 aromatic rings. The maximum atomic E-state index is 5.98. The molecule has 0 aliphatic carbocycles. The van der Waals surface area contributed by atoms with Crippen LogP contribution in [-0.2, 0) is 4.74 Å². The van der Waals surface area contributed by atoms with Crippen molar-refractivity contribution in [3.63, 3.8) is 0 Å². The summed E-state index contributed by atoms with van der Waals surface area (Å²) in [5, 5.41) is 0. The van der Waals surface area contributed by atoms with Gasteiger partial charge in [0.15, 0.2) is 0 Å². The first kappa shape index (κ1) is 16.9. The first-order chi connectivity index (χ1) is 8.16. The number of unbranched alkanes of at least 4 members (excludes halogenated alkanes) is 7. The Morgan fingerprint density at radius 3 is 1.94 bits per heavy atom. The predicted octanol–water partition coefficient (Wildman–Crippen LogP) is 4.27. The van der Waals surface area contributed by atoms with Crippen LogP contribution in [-0.4, -0.2) is 18.8 Å². The first-order valence-electron chi connectivity index (χ1n) is 7.54. The molecule has 104 valence electrons. The highest BCUT2D eigenvalue weighted by Crippen LogP contribution is 2.10. The van der Waals surface area contributed by atoms with Gasteiger partial charge >= 0.3 is 0 Å². The summed E-state index contributed by atoms with van der Waals surface area (Å²) in [5.41, 5.74) is 5.98. The van der Waals surface area contributed by atoms with Gasteiger partial charge in [0.1, 0.15) is 0 Å². The molecule has 0 saturated carbocycles. The van der Waals surface area contributed by atoms with E-state index in [4.69, 9.17) is 10.5 Å². The second kappa shape index (κ2) is 12.4. The van der Waals surface area contributed by atoms with Crippen LogP contribution >= 0.6 is 0 Å². The quantitative estimate of drug-likeness (QED) is 0.520. The third kappa shape index (κ3) is 13.9. The van der Waals surface area contributed by atoms with Crippen LogP contribution < -0.4 is 5.73 Å². The molecule has 2 nitrogen and oxygen atoms in total. The summed E-state index contributed by atoms with van der Waals surface area (Å²) in [4.78, 5) is 0. The van der Waals surface area contributed by atoms with E-state index in [1.54, 1.807) is 0 Å². The Morgan fingerprint density at radius 2 is 1.41 bits per heavy atom. The minimum Gasteiger partial charge on any atom is -0.377 e. The van der Waals surface area contributed by atoms with E-state index in [9.17, 15) is 0 Å². The third-order valence-corrected chi connectivity index (χ3v) is 3.07. The van der Waals surface area contributed by atoms with Gasteiger partial charge in [0.05, 0.1) is 12.7 Å². The van der Waals surface area contributed by atoms with Crippen LogP contribution in [0.1, 0.15) is 78.6 Å². The summed E-state index contributed by atoms with van der Waals surface area (Å²) in [6, 6.07) is 0.234. The van der Waals surface area contributed by atoms with E-state index in [0.29, 0.717) is 12.7 Å². The second-order valence-corrected chi connectivity index (χ2v) is 5.41. The van der Waals surface area contributed by atoms with Crippen molar-refractivity contribution in [2.24, 2.45) is 5.73 Å². The first-order valence-corrected chi connectivity index (χ1v) is 7.54. The zero-order valence-corrected chi connectivity index (χ0v) is 12.2. The molecule has 1 unspecified atom stereocenters. The van der Waals surface area contributed by atoms with Crippen molar-refractivity contribution in [1.29, 1.82) is 0 Å². The van der Waals surface area contributed by atoms with Gasteiger partial charge in [-0.05, 0) is 20.3 Å². The molecule has 2 heteroatoms. The van der Waals surface area contributed by atoms with E-state index in [-0.39, 0.29) is 6.04 Å². The highest BCUT2D eigenvalue weighted by molar-refractivity contribution is 4.60. The lowest BCUT2D eigenvalue weighted by molar-refractivity contribution is 0.0664. The van der Waals surface area contributed by atoms with E-state index in [0.717, 1.165) is 6.42 Å². The van der Waals surface area contributed by atoms with Gasteiger partial charge in [-0.1, -0.05) is 58.3 Å². The summed E-state index contributed by atoms with van der Waals surface area (Å²) >= 11 is 0. The van der Waals surface area contributed by atoms with Gasteiger partial charge in [0.2, 0.25) is 0 Å². The SMILES string of the molecule is CCCCCCCCCCC(N)COC(C)C. The van der Waals surface area contributed by atoms with Crippen molar-refractivity contribution in [1.82, 2.24) is 0 Å². The monoisotopic (exact) mass is 243 g/mol. The molecule has 0 spiro atoms. The molecule has 0 bridgehead atoms. The van der Waals surface area contributed by atoms with Crippen LogP contribution in [0.15, 0.2) is 0 Å². The van der Waals surface area contributed by atoms with E-state index >= 15 is 0 Å². The minimum absolute atomic E-state index is 0.234. The van der Waals surface area contributed by atoms with Crippen LogP contribution in [0.5, 0.6) is 0 Å². The Morgan fingerprint density at radius 1 is 0.882 bits per heavy atom. The molecule has 0 rings (SSSR count). The summed E-state index contributed by atoms with van der Waals surface area (Å²) in [7, 11) is 0. The molecule has 17 heavy (non-hydrogen) atoms. The molecule has 0 aliphatic rings. The van der Waals surface area contributed by atoms with Crippen LogP contribution in [0.2, 0.25) is 0 Å². The number of nitrogens with two attached hydrogens (primary N) is 1. The summed E-state index contributed by atoms with van der Waals surface area (Å²) in [6.07, 6.45) is 12.4. The lowest BCUT2D eigenvalue weighted by Gasteiger charge is -2.14. The number of ether oxygens (including phenoxy) is 1. The molecule has 0 radical (unpaired) electrons. The Hall–Kier alpha value is -0.0800. The average molecular weight is 243 g/mol. The normalized spacial score (nSPS) is 13.2. The highest BCUT2D eigenvalue weighted by Gasteiger charge is 2.03. The summed E-state index contributed by atoms with van der Waals surface area (Å²) < 4.78 is 5.50. The largest absolute Gasteiger partial charge is 0.377 e. The Bertz CT molecular complexity index is 148. The van der Waals surface area contributed by atoms with E-state index in [1.807, 2.05) is 0 Å². The Labute approximate surface area is 108 Å². The Kier molecular flexibility index (Phi) is 12.3. The van der Waals surface area contributed by atoms with Crippen LogP contribution in [0.4, 0.5) is 0 Å². The van der Waals surface area contributed by atoms with Crippen molar-refractivity contribution in [3.8, 4) is 0 Å². The molecule has 0 saturated heterocycles. The van der Waals surface area contributed by atoms with Gasteiger partial charge < -0.3 is 10.5 Å². The number of hydrogen-bond donors (Lipinski definition) is 1. The molecule has 2 N–H and O–H groups in total. The predicted molar refractivity (Wildman–Crippen MR) is 76.3 cm³/mol.